The lowest BCUT2D eigenvalue weighted by atomic mass is 10.0. The first kappa shape index (κ1) is 16.2. The summed E-state index contributed by atoms with van der Waals surface area (Å²) in [4.78, 5) is 19.6. The van der Waals surface area contributed by atoms with E-state index < -0.39 is 5.97 Å². The summed E-state index contributed by atoms with van der Waals surface area (Å²) in [5.74, 6) is 0.716. The Morgan fingerprint density at radius 1 is 1.29 bits per heavy atom. The Kier molecular flexibility index (Phi) is 4.59. The molecule has 126 valence electrons. The molecule has 0 bridgehead atoms. The van der Waals surface area contributed by atoms with E-state index in [9.17, 15) is 4.79 Å². The molecule has 1 aliphatic heterocycles. The fraction of sp³-hybridized carbons (Fsp3) is 0.412. The van der Waals surface area contributed by atoms with Crippen molar-refractivity contribution < 1.29 is 9.90 Å². The number of anilines is 2. The molecule has 0 aliphatic carbocycles. The Morgan fingerprint density at radius 2 is 2.12 bits per heavy atom. The zero-order chi connectivity index (χ0) is 17.1. The lowest BCUT2D eigenvalue weighted by Gasteiger charge is -2.38. The maximum absolute atomic E-state index is 10.9. The van der Waals surface area contributed by atoms with Gasteiger partial charge in [-0.2, -0.15) is 5.10 Å². The number of carboxylic acids is 1. The van der Waals surface area contributed by atoms with E-state index in [1.54, 1.807) is 12.1 Å². The lowest BCUT2D eigenvalue weighted by molar-refractivity contribution is 0.0696. The molecule has 0 spiro atoms. The predicted molar refractivity (Wildman–Crippen MR) is 91.6 cm³/mol. The van der Waals surface area contributed by atoms with Gasteiger partial charge in [-0.15, -0.1) is 5.10 Å². The van der Waals surface area contributed by atoms with Gasteiger partial charge < -0.3 is 14.9 Å². The van der Waals surface area contributed by atoms with E-state index in [1.165, 1.54) is 6.20 Å². The summed E-state index contributed by atoms with van der Waals surface area (Å²) >= 11 is 0. The summed E-state index contributed by atoms with van der Waals surface area (Å²) in [5, 5.41) is 17.4. The molecule has 7 heteroatoms. The van der Waals surface area contributed by atoms with Crippen LogP contribution in [0.4, 0.5) is 11.6 Å². The zero-order valence-corrected chi connectivity index (χ0v) is 13.9. The molecule has 1 unspecified atom stereocenters. The van der Waals surface area contributed by atoms with Crippen molar-refractivity contribution in [2.45, 2.75) is 25.8 Å². The van der Waals surface area contributed by atoms with E-state index in [0.29, 0.717) is 6.04 Å². The fourth-order valence-electron chi connectivity index (χ4n) is 2.95. The zero-order valence-electron chi connectivity index (χ0n) is 13.9. The van der Waals surface area contributed by atoms with Crippen LogP contribution in [0.1, 0.15) is 28.9 Å². The highest BCUT2D eigenvalue weighted by molar-refractivity contribution is 5.87. The predicted octanol–water partition coefficient (Wildman–Crippen LogP) is 1.98. The van der Waals surface area contributed by atoms with Crippen LogP contribution in [0, 0.1) is 6.92 Å². The van der Waals surface area contributed by atoms with Gasteiger partial charge in [0.1, 0.15) is 5.82 Å². The Bertz CT molecular complexity index is 702. The van der Waals surface area contributed by atoms with E-state index in [0.717, 1.165) is 43.3 Å². The number of aromatic nitrogens is 3. The Morgan fingerprint density at radius 3 is 2.75 bits per heavy atom. The van der Waals surface area contributed by atoms with Gasteiger partial charge in [0.25, 0.3) is 0 Å². The normalized spacial score (nSPS) is 17.6. The molecule has 0 amide bonds. The van der Waals surface area contributed by atoms with Crippen LogP contribution in [-0.2, 0) is 0 Å². The van der Waals surface area contributed by atoms with E-state index in [1.807, 2.05) is 26.1 Å². The Balaban J connectivity index is 1.71. The van der Waals surface area contributed by atoms with E-state index in [4.69, 9.17) is 5.11 Å². The van der Waals surface area contributed by atoms with E-state index >= 15 is 0 Å². The number of hydrogen-bond donors (Lipinski definition) is 1. The van der Waals surface area contributed by atoms with Crippen LogP contribution >= 0.6 is 0 Å². The molecule has 0 aromatic carbocycles. The first-order valence-corrected chi connectivity index (χ1v) is 8.02. The number of pyridine rings is 1. The second kappa shape index (κ2) is 6.82. The molecule has 2 aromatic heterocycles. The van der Waals surface area contributed by atoms with Gasteiger partial charge in [0, 0.05) is 32.4 Å². The first-order valence-electron chi connectivity index (χ1n) is 8.02. The molecule has 0 radical (unpaired) electrons. The number of aryl methyl sites for hydroxylation is 1. The Labute approximate surface area is 141 Å². The molecular weight excluding hydrogens is 306 g/mol. The minimum absolute atomic E-state index is 0.201. The monoisotopic (exact) mass is 327 g/mol. The molecule has 1 saturated heterocycles. The van der Waals surface area contributed by atoms with Gasteiger partial charge in [0.05, 0.1) is 11.3 Å². The summed E-state index contributed by atoms with van der Waals surface area (Å²) in [7, 11) is 2.00. The van der Waals surface area contributed by atoms with Crippen molar-refractivity contribution in [2.75, 3.05) is 29.9 Å². The van der Waals surface area contributed by atoms with Gasteiger partial charge in [-0.25, -0.2) is 9.78 Å². The van der Waals surface area contributed by atoms with Crippen molar-refractivity contribution >= 4 is 17.6 Å². The number of carboxylic acid groups (broad SMARTS) is 1. The van der Waals surface area contributed by atoms with Crippen LogP contribution in [0.5, 0.6) is 0 Å². The molecule has 1 fully saturated rings. The third-order valence-corrected chi connectivity index (χ3v) is 4.41. The minimum Gasteiger partial charge on any atom is -0.478 e. The van der Waals surface area contributed by atoms with Gasteiger partial charge in [0.15, 0.2) is 5.82 Å². The lowest BCUT2D eigenvalue weighted by Crippen LogP contribution is -2.47. The highest BCUT2D eigenvalue weighted by atomic mass is 16.4. The summed E-state index contributed by atoms with van der Waals surface area (Å²) in [5.41, 5.74) is 1.11. The van der Waals surface area contributed by atoms with Crippen LogP contribution in [0.3, 0.4) is 0 Å². The number of hydrogen-bond acceptors (Lipinski definition) is 6. The quantitative estimate of drug-likeness (QED) is 0.919. The first-order chi connectivity index (χ1) is 11.5. The summed E-state index contributed by atoms with van der Waals surface area (Å²) in [6.45, 7) is 3.74. The van der Waals surface area contributed by atoms with E-state index in [2.05, 4.69) is 25.0 Å². The van der Waals surface area contributed by atoms with Crippen LogP contribution < -0.4 is 9.80 Å². The standard InChI is InChI=1S/C17H21N5O2/c1-12-5-7-16(20-19-12)22-9-3-4-14(11-22)21(2)15-8-6-13(10-18-15)17(23)24/h5-8,10,14H,3-4,9,11H2,1-2H3,(H,23,24). The van der Waals surface area contributed by atoms with Crippen molar-refractivity contribution in [1.29, 1.82) is 0 Å². The summed E-state index contributed by atoms with van der Waals surface area (Å²) in [6.07, 6.45) is 3.53. The molecule has 3 heterocycles. The van der Waals surface area contributed by atoms with Crippen molar-refractivity contribution in [3.05, 3.63) is 41.7 Å². The molecule has 1 aliphatic rings. The van der Waals surface area contributed by atoms with Crippen molar-refractivity contribution in [3.63, 3.8) is 0 Å². The molecule has 0 saturated carbocycles. The maximum Gasteiger partial charge on any atom is 0.337 e. The second-order valence-corrected chi connectivity index (χ2v) is 6.10. The fourth-order valence-corrected chi connectivity index (χ4v) is 2.95. The number of rotatable bonds is 4. The topological polar surface area (TPSA) is 82.5 Å². The summed E-state index contributed by atoms with van der Waals surface area (Å²) in [6, 6.07) is 7.62. The highest BCUT2D eigenvalue weighted by Crippen LogP contribution is 2.23. The molecule has 1 N–H and O–H groups in total. The average molecular weight is 327 g/mol. The highest BCUT2D eigenvalue weighted by Gasteiger charge is 2.25. The minimum atomic E-state index is -0.960. The largest absolute Gasteiger partial charge is 0.478 e. The van der Waals surface area contributed by atoms with Crippen molar-refractivity contribution in [1.82, 2.24) is 15.2 Å². The molecular formula is C17H21N5O2. The number of likely N-dealkylation sites (N-methyl/N-ethyl adjacent to an activating group) is 1. The molecule has 7 nitrogen and oxygen atoms in total. The van der Waals surface area contributed by atoms with E-state index in [-0.39, 0.29) is 5.56 Å². The maximum atomic E-state index is 10.9. The van der Waals surface area contributed by atoms with Gasteiger partial charge >= 0.3 is 5.97 Å². The number of nitrogens with zero attached hydrogens (tertiary/aromatic N) is 5. The second-order valence-electron chi connectivity index (χ2n) is 6.10. The van der Waals surface area contributed by atoms with Gasteiger partial charge in [0.2, 0.25) is 0 Å². The molecule has 1 atom stereocenters. The van der Waals surface area contributed by atoms with Crippen LogP contribution in [0.25, 0.3) is 0 Å². The van der Waals surface area contributed by atoms with Gasteiger partial charge in [-0.05, 0) is 44.0 Å². The molecule has 3 rings (SSSR count). The number of piperidine rings is 1. The van der Waals surface area contributed by atoms with Crippen LogP contribution in [-0.4, -0.2) is 52.4 Å². The average Bonchev–Trinajstić information content (AvgIpc) is 2.62. The SMILES string of the molecule is Cc1ccc(N2CCCC(N(C)c3ccc(C(=O)O)cn3)C2)nn1. The van der Waals surface area contributed by atoms with Crippen molar-refractivity contribution in [3.8, 4) is 0 Å². The molecule has 2 aromatic rings. The van der Waals surface area contributed by atoms with Crippen LogP contribution in [0.15, 0.2) is 30.5 Å². The third-order valence-electron chi connectivity index (χ3n) is 4.41. The van der Waals surface area contributed by atoms with Crippen LogP contribution in [0.2, 0.25) is 0 Å². The number of aromatic carboxylic acids is 1. The van der Waals surface area contributed by atoms with Crippen molar-refractivity contribution in [2.24, 2.45) is 0 Å². The smallest absolute Gasteiger partial charge is 0.337 e. The van der Waals surface area contributed by atoms with Gasteiger partial charge in [-0.1, -0.05) is 0 Å². The summed E-state index contributed by atoms with van der Waals surface area (Å²) < 4.78 is 0. The Hall–Kier alpha value is -2.70. The van der Waals surface area contributed by atoms with Gasteiger partial charge in [-0.3, -0.25) is 0 Å². The third kappa shape index (κ3) is 3.45. The molecule has 24 heavy (non-hydrogen) atoms. The number of carbonyl (C=O) groups is 1.